The summed E-state index contributed by atoms with van der Waals surface area (Å²) in [6.07, 6.45) is 3.40. The van der Waals surface area contributed by atoms with E-state index in [1.54, 1.807) is 7.05 Å². The van der Waals surface area contributed by atoms with Gasteiger partial charge in [0.15, 0.2) is 0 Å². The van der Waals surface area contributed by atoms with Crippen molar-refractivity contribution in [1.29, 1.82) is 0 Å². The first-order chi connectivity index (χ1) is 16.0. The van der Waals surface area contributed by atoms with Crippen molar-refractivity contribution in [2.75, 3.05) is 13.6 Å². The SMILES string of the molecule is CNC(=O)CCC(Cc1ccc(CC(=O)NCCc2ccccc2C)cc1)c1ccccc1. The average molecular weight is 443 g/mol. The van der Waals surface area contributed by atoms with Gasteiger partial charge < -0.3 is 10.6 Å². The number of rotatable bonds is 11. The molecule has 0 aliphatic carbocycles. The van der Waals surface area contributed by atoms with Crippen molar-refractivity contribution in [3.05, 3.63) is 107 Å². The Morgan fingerprint density at radius 1 is 0.818 bits per heavy atom. The van der Waals surface area contributed by atoms with Crippen LogP contribution in [0.5, 0.6) is 0 Å². The van der Waals surface area contributed by atoms with E-state index in [2.05, 4.69) is 54.0 Å². The second kappa shape index (κ2) is 12.6. The zero-order valence-electron chi connectivity index (χ0n) is 19.6. The van der Waals surface area contributed by atoms with Crippen LogP contribution in [0, 0.1) is 6.92 Å². The lowest BCUT2D eigenvalue weighted by atomic mass is 9.88. The highest BCUT2D eigenvalue weighted by atomic mass is 16.2. The maximum Gasteiger partial charge on any atom is 0.224 e. The molecule has 0 aliphatic rings. The largest absolute Gasteiger partial charge is 0.359 e. The number of nitrogens with one attached hydrogen (secondary N) is 2. The van der Waals surface area contributed by atoms with Crippen LogP contribution in [0.3, 0.4) is 0 Å². The van der Waals surface area contributed by atoms with E-state index in [4.69, 9.17) is 0 Å². The van der Waals surface area contributed by atoms with Crippen LogP contribution in [0.2, 0.25) is 0 Å². The van der Waals surface area contributed by atoms with Crippen LogP contribution in [0.4, 0.5) is 0 Å². The molecule has 4 heteroatoms. The lowest BCUT2D eigenvalue weighted by Crippen LogP contribution is -2.27. The topological polar surface area (TPSA) is 58.2 Å². The zero-order valence-corrected chi connectivity index (χ0v) is 19.6. The van der Waals surface area contributed by atoms with Crippen molar-refractivity contribution in [2.24, 2.45) is 0 Å². The van der Waals surface area contributed by atoms with E-state index in [1.165, 1.54) is 22.3 Å². The molecule has 0 saturated carbocycles. The molecular formula is C29H34N2O2. The number of aryl methyl sites for hydroxylation is 1. The normalized spacial score (nSPS) is 11.6. The van der Waals surface area contributed by atoms with E-state index in [1.807, 2.05) is 42.5 Å². The summed E-state index contributed by atoms with van der Waals surface area (Å²) >= 11 is 0. The average Bonchev–Trinajstić information content (AvgIpc) is 2.84. The standard InChI is InChI=1S/C29H34N2O2/c1-22-8-6-7-9-25(22)18-19-31-29(33)21-24-14-12-23(13-15-24)20-27(16-17-28(32)30-2)26-10-4-3-5-11-26/h3-15,27H,16-21H2,1-2H3,(H,30,32)(H,31,33). The maximum absolute atomic E-state index is 12.4. The molecule has 3 rings (SSSR count). The molecule has 172 valence electrons. The number of carbonyl (C=O) groups excluding carboxylic acids is 2. The lowest BCUT2D eigenvalue weighted by Gasteiger charge is -2.17. The Hall–Kier alpha value is -3.40. The molecule has 0 bridgehead atoms. The predicted molar refractivity (Wildman–Crippen MR) is 134 cm³/mol. The molecule has 33 heavy (non-hydrogen) atoms. The Balaban J connectivity index is 1.52. The third-order valence-corrected chi connectivity index (χ3v) is 6.12. The number of amides is 2. The molecule has 3 aromatic carbocycles. The third kappa shape index (κ3) is 7.90. The van der Waals surface area contributed by atoms with Gasteiger partial charge in [0, 0.05) is 20.0 Å². The summed E-state index contributed by atoms with van der Waals surface area (Å²) < 4.78 is 0. The molecule has 1 unspecified atom stereocenters. The first kappa shape index (κ1) is 24.2. The van der Waals surface area contributed by atoms with Crippen LogP contribution < -0.4 is 10.6 Å². The van der Waals surface area contributed by atoms with Gasteiger partial charge in [-0.25, -0.2) is 0 Å². The van der Waals surface area contributed by atoms with Gasteiger partial charge in [0.05, 0.1) is 6.42 Å². The van der Waals surface area contributed by atoms with Crippen molar-refractivity contribution < 1.29 is 9.59 Å². The maximum atomic E-state index is 12.4. The first-order valence-corrected chi connectivity index (χ1v) is 11.7. The Morgan fingerprint density at radius 3 is 2.18 bits per heavy atom. The number of carbonyl (C=O) groups is 2. The van der Waals surface area contributed by atoms with Crippen molar-refractivity contribution in [3.8, 4) is 0 Å². The molecule has 0 heterocycles. The lowest BCUT2D eigenvalue weighted by molar-refractivity contribution is -0.121. The monoisotopic (exact) mass is 442 g/mol. The summed E-state index contributed by atoms with van der Waals surface area (Å²) in [4.78, 5) is 24.1. The smallest absolute Gasteiger partial charge is 0.224 e. The predicted octanol–water partition coefficient (Wildman–Crippen LogP) is 4.75. The molecule has 4 nitrogen and oxygen atoms in total. The third-order valence-electron chi connectivity index (χ3n) is 6.12. The molecule has 0 spiro atoms. The van der Waals surface area contributed by atoms with E-state index in [0.717, 1.165) is 24.8 Å². The fourth-order valence-corrected chi connectivity index (χ4v) is 4.09. The van der Waals surface area contributed by atoms with Gasteiger partial charge in [0.1, 0.15) is 0 Å². The summed E-state index contributed by atoms with van der Waals surface area (Å²) in [5.41, 5.74) is 6.00. The Labute approximate surface area is 197 Å². The minimum absolute atomic E-state index is 0.0454. The van der Waals surface area contributed by atoms with Crippen molar-refractivity contribution in [3.63, 3.8) is 0 Å². The van der Waals surface area contributed by atoms with Crippen LogP contribution in [-0.2, 0) is 28.9 Å². The zero-order chi connectivity index (χ0) is 23.5. The summed E-state index contributed by atoms with van der Waals surface area (Å²) in [6.45, 7) is 2.74. The second-order valence-corrected chi connectivity index (χ2v) is 8.54. The summed E-state index contributed by atoms with van der Waals surface area (Å²) in [6, 6.07) is 26.9. The molecule has 0 radical (unpaired) electrons. The Bertz CT molecular complexity index is 1030. The van der Waals surface area contributed by atoms with Gasteiger partial charge in [-0.2, -0.15) is 0 Å². The molecule has 0 saturated heterocycles. The minimum Gasteiger partial charge on any atom is -0.359 e. The molecule has 1 atom stereocenters. The van der Waals surface area contributed by atoms with E-state index in [0.29, 0.717) is 19.4 Å². The molecule has 0 fully saturated rings. The highest BCUT2D eigenvalue weighted by Crippen LogP contribution is 2.26. The highest BCUT2D eigenvalue weighted by Gasteiger charge is 2.14. The van der Waals surface area contributed by atoms with Crippen LogP contribution in [-0.4, -0.2) is 25.4 Å². The van der Waals surface area contributed by atoms with Crippen molar-refractivity contribution in [1.82, 2.24) is 10.6 Å². The molecular weight excluding hydrogens is 408 g/mol. The fraction of sp³-hybridized carbons (Fsp3) is 0.310. The minimum atomic E-state index is 0.0454. The van der Waals surface area contributed by atoms with Crippen LogP contribution in [0.1, 0.15) is 46.6 Å². The van der Waals surface area contributed by atoms with Crippen LogP contribution >= 0.6 is 0 Å². The summed E-state index contributed by atoms with van der Waals surface area (Å²) in [7, 11) is 1.68. The molecule has 2 amide bonds. The fourth-order valence-electron chi connectivity index (χ4n) is 4.09. The van der Waals surface area contributed by atoms with Gasteiger partial charge >= 0.3 is 0 Å². The highest BCUT2D eigenvalue weighted by molar-refractivity contribution is 5.78. The van der Waals surface area contributed by atoms with Crippen LogP contribution in [0.15, 0.2) is 78.9 Å². The van der Waals surface area contributed by atoms with Crippen molar-refractivity contribution >= 4 is 11.8 Å². The van der Waals surface area contributed by atoms with Crippen molar-refractivity contribution in [2.45, 2.75) is 44.9 Å². The van der Waals surface area contributed by atoms with Gasteiger partial charge in [-0.3, -0.25) is 9.59 Å². The Morgan fingerprint density at radius 2 is 1.48 bits per heavy atom. The van der Waals surface area contributed by atoms with Gasteiger partial charge in [0.2, 0.25) is 11.8 Å². The molecule has 2 N–H and O–H groups in total. The molecule has 0 aliphatic heterocycles. The summed E-state index contributed by atoms with van der Waals surface area (Å²) in [5.74, 6) is 0.392. The van der Waals surface area contributed by atoms with Gasteiger partial charge in [-0.05, 0) is 59.9 Å². The molecule has 3 aromatic rings. The molecule has 0 aromatic heterocycles. The Kier molecular flexibility index (Phi) is 9.25. The number of benzene rings is 3. The van der Waals surface area contributed by atoms with E-state index in [9.17, 15) is 9.59 Å². The van der Waals surface area contributed by atoms with Crippen LogP contribution in [0.25, 0.3) is 0 Å². The van der Waals surface area contributed by atoms with Gasteiger partial charge in [-0.1, -0.05) is 78.9 Å². The number of hydrogen-bond donors (Lipinski definition) is 2. The quantitative estimate of drug-likeness (QED) is 0.450. The first-order valence-electron chi connectivity index (χ1n) is 11.7. The van der Waals surface area contributed by atoms with Gasteiger partial charge in [-0.15, -0.1) is 0 Å². The summed E-state index contributed by atoms with van der Waals surface area (Å²) in [5, 5.41) is 5.74. The number of hydrogen-bond acceptors (Lipinski definition) is 2. The second-order valence-electron chi connectivity index (χ2n) is 8.54. The van der Waals surface area contributed by atoms with E-state index >= 15 is 0 Å². The van der Waals surface area contributed by atoms with Gasteiger partial charge in [0.25, 0.3) is 0 Å². The van der Waals surface area contributed by atoms with E-state index < -0.39 is 0 Å². The van der Waals surface area contributed by atoms with E-state index in [-0.39, 0.29) is 17.7 Å².